The van der Waals surface area contributed by atoms with Gasteiger partial charge in [0.05, 0.1) is 12.5 Å². The Balaban J connectivity index is 5.49. The molecule has 35 heavy (non-hydrogen) atoms. The van der Waals surface area contributed by atoms with Crippen molar-refractivity contribution in [3.05, 3.63) is 0 Å². The van der Waals surface area contributed by atoms with E-state index in [1.54, 1.807) is 0 Å². The summed E-state index contributed by atoms with van der Waals surface area (Å²) in [5, 5.41) is 34.1. The molecule has 0 aliphatic heterocycles. The van der Waals surface area contributed by atoms with Gasteiger partial charge in [-0.15, -0.1) is 0 Å². The minimum absolute atomic E-state index is 0.0389. The number of thioether (sulfide) groups is 1. The van der Waals surface area contributed by atoms with Crippen molar-refractivity contribution in [2.24, 2.45) is 11.5 Å². The zero-order valence-electron chi connectivity index (χ0n) is 19.5. The maximum atomic E-state index is 12.8. The van der Waals surface area contributed by atoms with Crippen LogP contribution in [0.2, 0.25) is 0 Å². The number of hydrogen-bond acceptors (Lipinski definition) is 9. The van der Waals surface area contributed by atoms with Gasteiger partial charge in [0.2, 0.25) is 17.7 Å². The predicted octanol–water partition coefficient (Wildman–Crippen LogP) is -1.93. The van der Waals surface area contributed by atoms with Crippen LogP contribution in [0.25, 0.3) is 0 Å². The van der Waals surface area contributed by atoms with E-state index in [1.165, 1.54) is 11.8 Å². The highest BCUT2D eigenvalue weighted by atomic mass is 32.2. The Morgan fingerprint density at radius 3 is 1.86 bits per heavy atom. The number of unbranched alkanes of at least 4 members (excludes halogenated alkanes) is 1. The molecule has 4 atom stereocenters. The van der Waals surface area contributed by atoms with Gasteiger partial charge in [-0.2, -0.15) is 11.8 Å². The van der Waals surface area contributed by atoms with Crippen molar-refractivity contribution >= 4 is 47.4 Å². The average molecular weight is 522 g/mol. The zero-order chi connectivity index (χ0) is 27.0. The Bertz CT molecular complexity index is 752. The van der Waals surface area contributed by atoms with Crippen LogP contribution in [-0.4, -0.2) is 93.7 Å². The number of carboxylic acids is 3. The molecule has 0 spiro atoms. The van der Waals surface area contributed by atoms with Crippen molar-refractivity contribution in [1.29, 1.82) is 0 Å². The molecule has 0 bridgehead atoms. The van der Waals surface area contributed by atoms with Crippen molar-refractivity contribution < 1.29 is 44.1 Å². The molecule has 0 aromatic heterocycles. The number of carbonyl (C=O) groups is 6. The average Bonchev–Trinajstić information content (AvgIpc) is 2.78. The Morgan fingerprint density at radius 1 is 0.771 bits per heavy atom. The summed E-state index contributed by atoms with van der Waals surface area (Å²) in [5.74, 6) is -6.25. The van der Waals surface area contributed by atoms with E-state index in [1.807, 2.05) is 6.26 Å². The molecule has 4 unspecified atom stereocenters. The van der Waals surface area contributed by atoms with Gasteiger partial charge in [-0.05, 0) is 50.7 Å². The highest BCUT2D eigenvalue weighted by Gasteiger charge is 2.31. The molecule has 0 rings (SSSR count). The molecular formula is C20H35N5O9S. The van der Waals surface area contributed by atoms with Crippen LogP contribution in [0, 0.1) is 0 Å². The summed E-state index contributed by atoms with van der Waals surface area (Å²) in [7, 11) is 0. The largest absolute Gasteiger partial charge is 0.481 e. The van der Waals surface area contributed by atoms with Crippen LogP contribution in [0.15, 0.2) is 0 Å². The Morgan fingerprint density at radius 2 is 1.34 bits per heavy atom. The molecule has 0 aromatic carbocycles. The van der Waals surface area contributed by atoms with Gasteiger partial charge < -0.3 is 42.7 Å². The van der Waals surface area contributed by atoms with Crippen LogP contribution in [0.5, 0.6) is 0 Å². The second-order valence-corrected chi connectivity index (χ2v) is 8.71. The molecule has 0 heterocycles. The Kier molecular flexibility index (Phi) is 16.1. The molecule has 0 aliphatic rings. The molecule has 0 radical (unpaired) electrons. The maximum absolute atomic E-state index is 12.8. The molecule has 0 saturated carbocycles. The summed E-state index contributed by atoms with van der Waals surface area (Å²) in [6, 6.07) is -5.39. The lowest BCUT2D eigenvalue weighted by Crippen LogP contribution is -2.57. The number of nitrogens with one attached hydrogen (secondary N) is 3. The predicted molar refractivity (Wildman–Crippen MR) is 126 cm³/mol. The first-order valence-electron chi connectivity index (χ1n) is 10.9. The molecule has 15 heteroatoms. The molecule has 0 saturated heterocycles. The molecule has 14 nitrogen and oxygen atoms in total. The van der Waals surface area contributed by atoms with Gasteiger partial charge in [-0.25, -0.2) is 4.79 Å². The summed E-state index contributed by atoms with van der Waals surface area (Å²) in [4.78, 5) is 71.4. The van der Waals surface area contributed by atoms with Gasteiger partial charge in [-0.1, -0.05) is 0 Å². The molecular weight excluding hydrogens is 486 g/mol. The SMILES string of the molecule is CSCCC(N)C(=O)NC(CCC(=O)O)C(=O)NC(CC(=O)O)C(=O)NC(CCCCN)C(=O)O. The number of rotatable bonds is 19. The molecule has 3 amide bonds. The van der Waals surface area contributed by atoms with E-state index in [2.05, 4.69) is 16.0 Å². The van der Waals surface area contributed by atoms with Crippen molar-refractivity contribution in [2.45, 2.75) is 69.1 Å². The fourth-order valence-corrected chi connectivity index (χ4v) is 3.36. The van der Waals surface area contributed by atoms with E-state index >= 15 is 0 Å². The minimum atomic E-state index is -1.68. The molecule has 0 aliphatic carbocycles. The van der Waals surface area contributed by atoms with E-state index < -0.39 is 72.6 Å². The summed E-state index contributed by atoms with van der Waals surface area (Å²) in [6.45, 7) is 0.322. The van der Waals surface area contributed by atoms with Gasteiger partial charge in [0.15, 0.2) is 0 Å². The summed E-state index contributed by atoms with van der Waals surface area (Å²) < 4.78 is 0. The number of carboxylic acid groups (broad SMARTS) is 3. The highest BCUT2D eigenvalue weighted by molar-refractivity contribution is 7.98. The standard InChI is InChI=1S/C20H35N5O9S/c1-35-9-7-11(22)17(30)23-12(5-6-15(26)27)18(31)25-14(10-16(28)29)19(32)24-13(20(33)34)4-2-3-8-21/h11-14H,2-10,21-22H2,1H3,(H,23,30)(H,24,32)(H,25,31)(H,26,27)(H,28,29)(H,33,34). The lowest BCUT2D eigenvalue weighted by atomic mass is 10.1. The van der Waals surface area contributed by atoms with Crippen LogP contribution < -0.4 is 27.4 Å². The normalized spacial score (nSPS) is 14.1. The quantitative estimate of drug-likeness (QED) is 0.0865. The van der Waals surface area contributed by atoms with Crippen LogP contribution >= 0.6 is 11.8 Å². The van der Waals surface area contributed by atoms with Crippen LogP contribution in [0.4, 0.5) is 0 Å². The second-order valence-electron chi connectivity index (χ2n) is 7.72. The number of hydrogen-bond donors (Lipinski definition) is 8. The fraction of sp³-hybridized carbons (Fsp3) is 0.700. The number of nitrogens with two attached hydrogens (primary N) is 2. The number of aliphatic carboxylic acids is 3. The molecule has 200 valence electrons. The number of amides is 3. The van der Waals surface area contributed by atoms with Crippen molar-refractivity contribution in [1.82, 2.24) is 16.0 Å². The zero-order valence-corrected chi connectivity index (χ0v) is 20.3. The van der Waals surface area contributed by atoms with Crippen molar-refractivity contribution in [3.8, 4) is 0 Å². The van der Waals surface area contributed by atoms with Gasteiger partial charge in [-0.3, -0.25) is 24.0 Å². The molecule has 0 fully saturated rings. The first-order chi connectivity index (χ1) is 16.4. The van der Waals surface area contributed by atoms with Crippen LogP contribution in [-0.2, 0) is 28.8 Å². The topological polar surface area (TPSA) is 251 Å². The monoisotopic (exact) mass is 521 g/mol. The molecule has 0 aromatic rings. The molecule has 10 N–H and O–H groups in total. The summed E-state index contributed by atoms with van der Waals surface area (Å²) in [6.07, 6.45) is 1.33. The van der Waals surface area contributed by atoms with Crippen LogP contribution in [0.1, 0.15) is 44.9 Å². The smallest absolute Gasteiger partial charge is 0.326 e. The highest BCUT2D eigenvalue weighted by Crippen LogP contribution is 2.06. The number of carbonyl (C=O) groups excluding carboxylic acids is 3. The lowest BCUT2D eigenvalue weighted by Gasteiger charge is -2.24. The third kappa shape index (κ3) is 14.2. The van der Waals surface area contributed by atoms with E-state index in [9.17, 15) is 33.9 Å². The van der Waals surface area contributed by atoms with Gasteiger partial charge in [0, 0.05) is 6.42 Å². The Labute approximate surface area is 206 Å². The third-order valence-electron chi connectivity index (χ3n) is 4.82. The summed E-state index contributed by atoms with van der Waals surface area (Å²) in [5.41, 5.74) is 11.2. The van der Waals surface area contributed by atoms with E-state index in [-0.39, 0.29) is 12.8 Å². The van der Waals surface area contributed by atoms with Gasteiger partial charge in [0.1, 0.15) is 18.1 Å². The summed E-state index contributed by atoms with van der Waals surface area (Å²) >= 11 is 1.45. The maximum Gasteiger partial charge on any atom is 0.326 e. The van der Waals surface area contributed by atoms with Crippen molar-refractivity contribution in [2.75, 3.05) is 18.6 Å². The first-order valence-corrected chi connectivity index (χ1v) is 12.3. The van der Waals surface area contributed by atoms with E-state index in [4.69, 9.17) is 21.7 Å². The van der Waals surface area contributed by atoms with Crippen LogP contribution in [0.3, 0.4) is 0 Å². The van der Waals surface area contributed by atoms with Crippen molar-refractivity contribution in [3.63, 3.8) is 0 Å². The second kappa shape index (κ2) is 17.5. The van der Waals surface area contributed by atoms with E-state index in [0.717, 1.165) is 0 Å². The van der Waals surface area contributed by atoms with Gasteiger partial charge >= 0.3 is 17.9 Å². The van der Waals surface area contributed by atoms with Gasteiger partial charge in [0.25, 0.3) is 0 Å². The minimum Gasteiger partial charge on any atom is -0.481 e. The Hall–Kier alpha value is -2.91. The third-order valence-corrected chi connectivity index (χ3v) is 5.47. The fourth-order valence-electron chi connectivity index (χ4n) is 2.87. The lowest BCUT2D eigenvalue weighted by molar-refractivity contribution is -0.143. The first kappa shape index (κ1) is 32.1. The van der Waals surface area contributed by atoms with E-state index in [0.29, 0.717) is 31.6 Å².